The van der Waals surface area contributed by atoms with Crippen LogP contribution in [0.3, 0.4) is 0 Å². The summed E-state index contributed by atoms with van der Waals surface area (Å²) in [6, 6.07) is 26.2. The van der Waals surface area contributed by atoms with Crippen LogP contribution >= 0.6 is 11.8 Å². The summed E-state index contributed by atoms with van der Waals surface area (Å²) >= 11 is 1.64. The first kappa shape index (κ1) is 25.7. The van der Waals surface area contributed by atoms with Crippen molar-refractivity contribution in [1.82, 2.24) is 20.1 Å². The first-order chi connectivity index (χ1) is 17.5. The molecule has 1 unspecified atom stereocenters. The number of carbonyl (C=O) groups is 1. The highest BCUT2D eigenvalue weighted by molar-refractivity contribution is 7.98. The van der Waals surface area contributed by atoms with Crippen LogP contribution in [0.1, 0.15) is 72.0 Å². The molecule has 0 fully saturated rings. The zero-order valence-corrected chi connectivity index (χ0v) is 22.1. The quantitative estimate of drug-likeness (QED) is 0.177. The van der Waals surface area contributed by atoms with E-state index in [9.17, 15) is 4.79 Å². The third kappa shape index (κ3) is 6.64. The van der Waals surface area contributed by atoms with Crippen molar-refractivity contribution >= 4 is 17.7 Å². The van der Waals surface area contributed by atoms with E-state index in [0.29, 0.717) is 11.4 Å². The molecule has 6 heteroatoms. The zero-order chi connectivity index (χ0) is 25.3. The maximum absolute atomic E-state index is 13.0. The minimum Gasteiger partial charge on any atom is -0.342 e. The van der Waals surface area contributed by atoms with Crippen molar-refractivity contribution in [2.45, 2.75) is 63.4 Å². The van der Waals surface area contributed by atoms with Crippen molar-refractivity contribution in [3.05, 3.63) is 107 Å². The number of thioether (sulfide) groups is 1. The summed E-state index contributed by atoms with van der Waals surface area (Å²) in [5.74, 6) is 1.38. The van der Waals surface area contributed by atoms with E-state index in [1.165, 1.54) is 36.0 Å². The van der Waals surface area contributed by atoms with Gasteiger partial charge in [0.2, 0.25) is 0 Å². The summed E-state index contributed by atoms with van der Waals surface area (Å²) in [5.41, 5.74) is 5.32. The molecular formula is C30H34N4OS. The lowest BCUT2D eigenvalue weighted by Crippen LogP contribution is -2.28. The number of amides is 1. The summed E-state index contributed by atoms with van der Waals surface area (Å²) in [4.78, 5) is 13.0. The maximum Gasteiger partial charge on any atom is 0.251 e. The second-order valence-electron chi connectivity index (χ2n) is 9.14. The van der Waals surface area contributed by atoms with Crippen molar-refractivity contribution in [1.29, 1.82) is 0 Å². The van der Waals surface area contributed by atoms with Crippen molar-refractivity contribution in [2.24, 2.45) is 0 Å². The monoisotopic (exact) mass is 498 g/mol. The van der Waals surface area contributed by atoms with Gasteiger partial charge in [0.15, 0.2) is 11.0 Å². The van der Waals surface area contributed by atoms with Gasteiger partial charge in [-0.1, -0.05) is 91.7 Å². The molecule has 5 nitrogen and oxygen atoms in total. The SMILES string of the molecule is CCCCCc1ccc(C(=O)NC(C)c2nnc(SCc3ccccc3)n2-c2ccc(C)cc2)cc1. The number of carbonyl (C=O) groups excluding carboxylic acids is 1. The lowest BCUT2D eigenvalue weighted by atomic mass is 10.0. The Morgan fingerprint density at radius 1 is 0.917 bits per heavy atom. The fourth-order valence-electron chi connectivity index (χ4n) is 4.06. The highest BCUT2D eigenvalue weighted by Gasteiger charge is 2.21. The Balaban J connectivity index is 1.52. The van der Waals surface area contributed by atoms with Crippen molar-refractivity contribution in [2.75, 3.05) is 0 Å². The van der Waals surface area contributed by atoms with E-state index in [2.05, 4.69) is 82.5 Å². The number of aryl methyl sites for hydroxylation is 2. The molecule has 1 amide bonds. The maximum atomic E-state index is 13.0. The normalized spacial score (nSPS) is 11.9. The van der Waals surface area contributed by atoms with E-state index in [1.54, 1.807) is 11.8 Å². The predicted octanol–water partition coefficient (Wildman–Crippen LogP) is 7.09. The van der Waals surface area contributed by atoms with Gasteiger partial charge in [0.1, 0.15) is 0 Å². The summed E-state index contributed by atoms with van der Waals surface area (Å²) < 4.78 is 2.05. The molecule has 1 heterocycles. The van der Waals surface area contributed by atoms with E-state index in [4.69, 9.17) is 0 Å². The van der Waals surface area contributed by atoms with E-state index in [-0.39, 0.29) is 11.9 Å². The summed E-state index contributed by atoms with van der Waals surface area (Å²) in [6.07, 6.45) is 4.67. The Morgan fingerprint density at radius 2 is 1.64 bits per heavy atom. The first-order valence-corrected chi connectivity index (χ1v) is 13.6. The zero-order valence-electron chi connectivity index (χ0n) is 21.3. The molecule has 1 N–H and O–H groups in total. The van der Waals surface area contributed by atoms with Crippen LogP contribution in [0, 0.1) is 6.92 Å². The molecular weight excluding hydrogens is 464 g/mol. The molecule has 0 aliphatic heterocycles. The molecule has 0 saturated heterocycles. The Bertz CT molecular complexity index is 1250. The fourth-order valence-corrected chi connectivity index (χ4v) is 4.98. The largest absolute Gasteiger partial charge is 0.342 e. The van der Waals surface area contributed by atoms with Gasteiger partial charge in [-0.15, -0.1) is 10.2 Å². The molecule has 0 radical (unpaired) electrons. The Morgan fingerprint density at radius 3 is 2.33 bits per heavy atom. The van der Waals surface area contributed by atoms with Crippen LogP contribution in [-0.2, 0) is 12.2 Å². The van der Waals surface area contributed by atoms with Crippen LogP contribution in [-0.4, -0.2) is 20.7 Å². The van der Waals surface area contributed by atoms with Gasteiger partial charge in [0, 0.05) is 17.0 Å². The fraction of sp³-hybridized carbons (Fsp3) is 0.300. The van der Waals surface area contributed by atoms with E-state index < -0.39 is 0 Å². The summed E-state index contributed by atoms with van der Waals surface area (Å²) in [6.45, 7) is 6.23. The molecule has 1 atom stereocenters. The van der Waals surface area contributed by atoms with Crippen LogP contribution in [0.25, 0.3) is 5.69 Å². The van der Waals surface area contributed by atoms with Crippen LogP contribution in [0.15, 0.2) is 84.0 Å². The summed E-state index contributed by atoms with van der Waals surface area (Å²) in [7, 11) is 0. The Hall–Kier alpha value is -3.38. The average molecular weight is 499 g/mol. The van der Waals surface area contributed by atoms with Gasteiger partial charge in [-0.3, -0.25) is 9.36 Å². The number of unbranched alkanes of at least 4 members (excludes halogenated alkanes) is 2. The summed E-state index contributed by atoms with van der Waals surface area (Å²) in [5, 5.41) is 12.9. The molecule has 3 aromatic carbocycles. The van der Waals surface area contributed by atoms with Gasteiger partial charge < -0.3 is 5.32 Å². The molecule has 4 aromatic rings. The minimum absolute atomic E-state index is 0.112. The van der Waals surface area contributed by atoms with Gasteiger partial charge in [0.25, 0.3) is 5.91 Å². The topological polar surface area (TPSA) is 59.8 Å². The van der Waals surface area contributed by atoms with Gasteiger partial charge in [0.05, 0.1) is 6.04 Å². The lowest BCUT2D eigenvalue weighted by Gasteiger charge is -2.17. The smallest absolute Gasteiger partial charge is 0.251 e. The molecule has 186 valence electrons. The van der Waals surface area contributed by atoms with Gasteiger partial charge in [-0.2, -0.15) is 0 Å². The van der Waals surface area contributed by atoms with Crippen molar-refractivity contribution in [3.63, 3.8) is 0 Å². The standard InChI is InChI=1S/C30H34N4OS/c1-4-5-7-10-24-15-17-26(18-16-24)29(35)31-23(3)28-32-33-30(36-21-25-11-8-6-9-12-25)34(28)27-19-13-22(2)14-20-27/h6,8-9,11-20,23H,4-5,7,10,21H2,1-3H3,(H,31,35). The molecule has 0 spiro atoms. The molecule has 4 rings (SSSR count). The number of nitrogens with zero attached hydrogens (tertiary/aromatic N) is 3. The average Bonchev–Trinajstić information content (AvgIpc) is 3.33. The van der Waals surface area contributed by atoms with E-state index >= 15 is 0 Å². The van der Waals surface area contributed by atoms with Gasteiger partial charge in [-0.05, 0) is 62.1 Å². The van der Waals surface area contributed by atoms with Crippen LogP contribution < -0.4 is 5.32 Å². The van der Waals surface area contributed by atoms with Gasteiger partial charge in [-0.25, -0.2) is 0 Å². The van der Waals surface area contributed by atoms with Crippen molar-refractivity contribution < 1.29 is 4.79 Å². The highest BCUT2D eigenvalue weighted by Crippen LogP contribution is 2.28. The molecule has 0 bridgehead atoms. The second-order valence-corrected chi connectivity index (χ2v) is 10.1. The number of benzene rings is 3. The third-order valence-corrected chi connectivity index (χ3v) is 7.18. The third-order valence-electron chi connectivity index (χ3n) is 6.18. The molecule has 0 aliphatic carbocycles. The van der Waals surface area contributed by atoms with Crippen LogP contribution in [0.4, 0.5) is 0 Å². The van der Waals surface area contributed by atoms with Gasteiger partial charge >= 0.3 is 0 Å². The number of aromatic nitrogens is 3. The molecule has 1 aromatic heterocycles. The molecule has 0 aliphatic rings. The first-order valence-electron chi connectivity index (χ1n) is 12.6. The van der Waals surface area contributed by atoms with E-state index in [0.717, 1.165) is 23.0 Å². The highest BCUT2D eigenvalue weighted by atomic mass is 32.2. The number of hydrogen-bond acceptors (Lipinski definition) is 4. The number of rotatable bonds is 11. The molecule has 36 heavy (non-hydrogen) atoms. The van der Waals surface area contributed by atoms with Crippen LogP contribution in [0.2, 0.25) is 0 Å². The van der Waals surface area contributed by atoms with E-state index in [1.807, 2.05) is 37.3 Å². The predicted molar refractivity (Wildman–Crippen MR) is 148 cm³/mol. The minimum atomic E-state index is -0.318. The lowest BCUT2D eigenvalue weighted by molar-refractivity contribution is 0.0938. The number of hydrogen-bond donors (Lipinski definition) is 1. The van der Waals surface area contributed by atoms with Crippen molar-refractivity contribution in [3.8, 4) is 5.69 Å². The Labute approximate surface area is 218 Å². The Kier molecular flexibility index (Phi) is 8.95. The van der Waals surface area contributed by atoms with Crippen LogP contribution in [0.5, 0.6) is 0 Å². The number of nitrogens with one attached hydrogen (secondary N) is 1. The molecule has 0 saturated carbocycles. The second kappa shape index (κ2) is 12.5.